The van der Waals surface area contributed by atoms with Crippen LogP contribution >= 0.6 is 11.3 Å². The van der Waals surface area contributed by atoms with E-state index in [2.05, 4.69) is 22.5 Å². The highest BCUT2D eigenvalue weighted by Crippen LogP contribution is 2.30. The Hall–Kier alpha value is -2.21. The van der Waals surface area contributed by atoms with E-state index in [0.717, 1.165) is 24.9 Å². The highest BCUT2D eigenvalue weighted by molar-refractivity contribution is 7.13. The first kappa shape index (κ1) is 15.7. The number of benzene rings is 1. The van der Waals surface area contributed by atoms with Crippen LogP contribution in [0, 0.1) is 5.92 Å². The van der Waals surface area contributed by atoms with Crippen molar-refractivity contribution in [2.24, 2.45) is 5.92 Å². The number of rotatable bonds is 6. The number of thiazole rings is 1. The predicted molar refractivity (Wildman–Crippen MR) is 91.6 cm³/mol. The van der Waals surface area contributed by atoms with E-state index in [1.807, 2.05) is 29.6 Å². The van der Waals surface area contributed by atoms with Crippen molar-refractivity contribution in [2.75, 3.05) is 10.6 Å². The van der Waals surface area contributed by atoms with Crippen molar-refractivity contribution in [3.05, 3.63) is 40.9 Å². The minimum absolute atomic E-state index is 0.0337. The fourth-order valence-electron chi connectivity index (χ4n) is 2.19. The fourth-order valence-corrected chi connectivity index (χ4v) is 2.91. The van der Waals surface area contributed by atoms with Crippen LogP contribution in [0.4, 0.5) is 10.8 Å². The Labute approximate surface area is 139 Å². The molecule has 1 aliphatic rings. The lowest BCUT2D eigenvalue weighted by Crippen LogP contribution is -2.15. The molecular formula is C17H19N3O2S. The van der Waals surface area contributed by atoms with Crippen LogP contribution in [0.15, 0.2) is 29.6 Å². The third-order valence-corrected chi connectivity index (χ3v) is 4.52. The van der Waals surface area contributed by atoms with E-state index in [1.165, 1.54) is 16.9 Å². The lowest BCUT2D eigenvalue weighted by molar-refractivity contribution is -0.117. The third kappa shape index (κ3) is 4.39. The summed E-state index contributed by atoms with van der Waals surface area (Å²) in [6.07, 6.45) is 3.10. The first-order valence-electron chi connectivity index (χ1n) is 7.78. The average molecular weight is 329 g/mol. The number of hydrogen-bond acceptors (Lipinski definition) is 4. The number of anilines is 2. The molecule has 23 heavy (non-hydrogen) atoms. The minimum atomic E-state index is -0.111. The van der Waals surface area contributed by atoms with Gasteiger partial charge in [0.15, 0.2) is 5.13 Å². The summed E-state index contributed by atoms with van der Waals surface area (Å²) in [6.45, 7) is 2.09. The molecule has 120 valence electrons. The maximum absolute atomic E-state index is 12.1. The molecule has 2 N–H and O–H groups in total. The number of carbonyl (C=O) groups excluding carboxylic acids is 2. The van der Waals surface area contributed by atoms with E-state index in [-0.39, 0.29) is 24.2 Å². The maximum atomic E-state index is 12.1. The number of nitrogens with one attached hydrogen (secondary N) is 2. The fraction of sp³-hybridized carbons (Fsp3) is 0.353. The first-order chi connectivity index (χ1) is 11.1. The summed E-state index contributed by atoms with van der Waals surface area (Å²) in [5, 5.41) is 8.03. The van der Waals surface area contributed by atoms with Crippen LogP contribution in [0.1, 0.15) is 31.0 Å². The Morgan fingerprint density at radius 2 is 1.96 bits per heavy atom. The quantitative estimate of drug-likeness (QED) is 0.854. The molecular weight excluding hydrogens is 310 g/mol. The highest BCUT2D eigenvalue weighted by atomic mass is 32.1. The van der Waals surface area contributed by atoms with Crippen molar-refractivity contribution in [3.63, 3.8) is 0 Å². The van der Waals surface area contributed by atoms with Gasteiger partial charge in [-0.25, -0.2) is 4.98 Å². The largest absolute Gasteiger partial charge is 0.326 e. The zero-order valence-electron chi connectivity index (χ0n) is 13.0. The molecule has 3 rings (SSSR count). The van der Waals surface area contributed by atoms with Gasteiger partial charge in [-0.2, -0.15) is 0 Å². The van der Waals surface area contributed by atoms with E-state index in [1.54, 1.807) is 0 Å². The minimum Gasteiger partial charge on any atom is -0.326 e. The maximum Gasteiger partial charge on any atom is 0.230 e. The molecule has 1 fully saturated rings. The van der Waals surface area contributed by atoms with Gasteiger partial charge in [0, 0.05) is 17.0 Å². The predicted octanol–water partition coefficient (Wildman–Crippen LogP) is 3.24. The number of aromatic nitrogens is 1. The van der Waals surface area contributed by atoms with Crippen LogP contribution in [-0.2, 0) is 22.4 Å². The van der Waals surface area contributed by atoms with Gasteiger partial charge in [0.25, 0.3) is 0 Å². The molecule has 6 heteroatoms. The van der Waals surface area contributed by atoms with Gasteiger partial charge >= 0.3 is 0 Å². The molecule has 1 aromatic heterocycles. The van der Waals surface area contributed by atoms with Gasteiger partial charge in [-0.05, 0) is 37.0 Å². The van der Waals surface area contributed by atoms with Crippen molar-refractivity contribution in [2.45, 2.75) is 32.6 Å². The average Bonchev–Trinajstić information content (AvgIpc) is 3.31. The molecule has 5 nitrogen and oxygen atoms in total. The first-order valence-corrected chi connectivity index (χ1v) is 8.66. The normalized spacial score (nSPS) is 13.6. The van der Waals surface area contributed by atoms with Crippen LogP contribution in [0.3, 0.4) is 0 Å². The SMILES string of the molecule is CCc1ccc(NC(=O)Cc2csc(NC(=O)C3CC3)n2)cc1. The summed E-state index contributed by atoms with van der Waals surface area (Å²) in [7, 11) is 0. The zero-order valence-corrected chi connectivity index (χ0v) is 13.8. The summed E-state index contributed by atoms with van der Waals surface area (Å²) < 4.78 is 0. The van der Waals surface area contributed by atoms with E-state index in [0.29, 0.717) is 10.8 Å². The molecule has 2 aromatic rings. The summed E-state index contributed by atoms with van der Waals surface area (Å²) in [4.78, 5) is 28.0. The van der Waals surface area contributed by atoms with Gasteiger partial charge in [0.2, 0.25) is 11.8 Å². The van der Waals surface area contributed by atoms with Crippen molar-refractivity contribution >= 4 is 34.0 Å². The Bertz CT molecular complexity index is 705. The highest BCUT2D eigenvalue weighted by Gasteiger charge is 2.30. The van der Waals surface area contributed by atoms with Crippen LogP contribution < -0.4 is 10.6 Å². The molecule has 0 bridgehead atoms. The molecule has 1 saturated carbocycles. The second-order valence-electron chi connectivity index (χ2n) is 5.68. The van der Waals surface area contributed by atoms with Gasteiger partial charge in [-0.1, -0.05) is 19.1 Å². The molecule has 0 unspecified atom stereocenters. The molecule has 1 aliphatic carbocycles. The third-order valence-electron chi connectivity index (χ3n) is 3.72. The lowest BCUT2D eigenvalue weighted by atomic mass is 10.1. The van der Waals surface area contributed by atoms with Crippen molar-refractivity contribution in [3.8, 4) is 0 Å². The second kappa shape index (κ2) is 6.91. The van der Waals surface area contributed by atoms with E-state index < -0.39 is 0 Å². The number of amides is 2. The van der Waals surface area contributed by atoms with E-state index >= 15 is 0 Å². The zero-order chi connectivity index (χ0) is 16.2. The van der Waals surface area contributed by atoms with Gasteiger partial charge in [-0.3, -0.25) is 9.59 Å². The van der Waals surface area contributed by atoms with Crippen LogP contribution in [0.5, 0.6) is 0 Å². The summed E-state index contributed by atoms with van der Waals surface area (Å²) >= 11 is 1.35. The Morgan fingerprint density at radius 3 is 2.61 bits per heavy atom. The summed E-state index contributed by atoms with van der Waals surface area (Å²) in [5.41, 5.74) is 2.69. The molecule has 1 aromatic carbocycles. The van der Waals surface area contributed by atoms with Crippen LogP contribution in [0.2, 0.25) is 0 Å². The molecule has 0 atom stereocenters. The Kier molecular flexibility index (Phi) is 4.71. The lowest BCUT2D eigenvalue weighted by Gasteiger charge is -2.05. The van der Waals surface area contributed by atoms with Gasteiger partial charge in [0.1, 0.15) is 0 Å². The second-order valence-corrected chi connectivity index (χ2v) is 6.54. The molecule has 1 heterocycles. The number of nitrogens with zero attached hydrogens (tertiary/aromatic N) is 1. The number of aryl methyl sites for hydroxylation is 1. The van der Waals surface area contributed by atoms with Gasteiger partial charge in [-0.15, -0.1) is 11.3 Å². The smallest absolute Gasteiger partial charge is 0.230 e. The van der Waals surface area contributed by atoms with Crippen LogP contribution in [0.25, 0.3) is 0 Å². The molecule has 2 amide bonds. The number of hydrogen-bond donors (Lipinski definition) is 2. The van der Waals surface area contributed by atoms with Gasteiger partial charge in [0.05, 0.1) is 12.1 Å². The van der Waals surface area contributed by atoms with Crippen LogP contribution in [-0.4, -0.2) is 16.8 Å². The molecule has 0 saturated heterocycles. The van der Waals surface area contributed by atoms with E-state index in [4.69, 9.17) is 0 Å². The van der Waals surface area contributed by atoms with E-state index in [9.17, 15) is 9.59 Å². The summed E-state index contributed by atoms with van der Waals surface area (Å²) in [5.74, 6) is 0.0720. The molecule has 0 aliphatic heterocycles. The summed E-state index contributed by atoms with van der Waals surface area (Å²) in [6, 6.07) is 7.81. The Balaban J connectivity index is 1.52. The topological polar surface area (TPSA) is 71.1 Å². The molecule has 0 radical (unpaired) electrons. The standard InChI is InChI=1S/C17H19N3O2S/c1-2-11-3-7-13(8-4-11)18-15(21)9-14-10-23-17(19-14)20-16(22)12-5-6-12/h3-4,7-8,10,12H,2,5-6,9H2,1H3,(H,18,21)(H,19,20,22). The van der Waals surface area contributed by atoms with Crippen molar-refractivity contribution in [1.29, 1.82) is 0 Å². The molecule has 0 spiro atoms. The van der Waals surface area contributed by atoms with Crippen molar-refractivity contribution in [1.82, 2.24) is 4.98 Å². The van der Waals surface area contributed by atoms with Crippen molar-refractivity contribution < 1.29 is 9.59 Å². The number of carbonyl (C=O) groups is 2. The monoisotopic (exact) mass is 329 g/mol. The Morgan fingerprint density at radius 1 is 1.22 bits per heavy atom. The van der Waals surface area contributed by atoms with Gasteiger partial charge < -0.3 is 10.6 Å².